The number of carbonyl (C=O) groups excluding carboxylic acids is 3. The van der Waals surface area contributed by atoms with Gasteiger partial charge in [-0.25, -0.2) is 0 Å². The average molecular weight is 422 g/mol. The molecule has 0 fully saturated rings. The molecule has 0 aromatic carbocycles. The molecule has 29 heavy (non-hydrogen) atoms. The van der Waals surface area contributed by atoms with Crippen molar-refractivity contribution in [2.24, 2.45) is 22.9 Å². The summed E-state index contributed by atoms with van der Waals surface area (Å²) in [5.41, 5.74) is 22.1. The molecule has 0 unspecified atom stereocenters. The van der Waals surface area contributed by atoms with Gasteiger partial charge in [-0.3, -0.25) is 19.2 Å². The van der Waals surface area contributed by atoms with Crippen molar-refractivity contribution < 1.29 is 43.6 Å². The van der Waals surface area contributed by atoms with Gasteiger partial charge in [-0.2, -0.15) is 0 Å². The van der Waals surface area contributed by atoms with Gasteiger partial charge in [0.15, 0.2) is 0 Å². The Bertz CT molecular complexity index is 601. The van der Waals surface area contributed by atoms with E-state index < -0.39 is 72.5 Å². The molecule has 0 aromatic heterocycles. The fourth-order valence-corrected chi connectivity index (χ4v) is 1.79. The van der Waals surface area contributed by atoms with Gasteiger partial charge in [0, 0.05) is 0 Å². The van der Waals surface area contributed by atoms with Crippen LogP contribution in [0.2, 0.25) is 0 Å². The second kappa shape index (κ2) is 11.6. The summed E-state index contributed by atoms with van der Waals surface area (Å²) in [5.74, 6) is -4.40. The van der Waals surface area contributed by atoms with Crippen molar-refractivity contribution >= 4 is 23.9 Å². The first-order valence-electron chi connectivity index (χ1n) is 8.75. The highest BCUT2D eigenvalue weighted by Gasteiger charge is 2.34. The number of aliphatic hydroxyl groups is 1. The maximum Gasteiger partial charge on any atom is 0.327 e. The summed E-state index contributed by atoms with van der Waals surface area (Å²) in [7, 11) is 0. The lowest BCUT2D eigenvalue weighted by atomic mass is 10.1. The van der Waals surface area contributed by atoms with E-state index in [9.17, 15) is 24.3 Å². The number of hydrogen-bond donors (Lipinski definition) is 6. The zero-order chi connectivity index (χ0) is 23.0. The third kappa shape index (κ3) is 8.29. The van der Waals surface area contributed by atoms with Crippen molar-refractivity contribution in [1.29, 1.82) is 0 Å². The Labute approximate surface area is 167 Å². The molecule has 0 spiro atoms. The van der Waals surface area contributed by atoms with Gasteiger partial charge in [0.2, 0.25) is 0 Å². The van der Waals surface area contributed by atoms with E-state index in [2.05, 4.69) is 0 Å². The molecule has 0 saturated carbocycles. The Morgan fingerprint density at radius 3 is 1.17 bits per heavy atom. The van der Waals surface area contributed by atoms with E-state index in [1.807, 2.05) is 0 Å². The van der Waals surface area contributed by atoms with Crippen molar-refractivity contribution in [2.45, 2.75) is 76.3 Å². The van der Waals surface area contributed by atoms with E-state index in [-0.39, 0.29) is 0 Å². The van der Waals surface area contributed by atoms with E-state index in [0.717, 1.165) is 0 Å². The molecule has 13 heteroatoms. The number of carboxylic acid groups (broad SMARTS) is 1. The van der Waals surface area contributed by atoms with Crippen LogP contribution in [0, 0.1) is 0 Å². The third-order valence-corrected chi connectivity index (χ3v) is 4.04. The molecule has 8 atom stereocenters. The highest BCUT2D eigenvalue weighted by molar-refractivity contribution is 5.81. The Morgan fingerprint density at radius 1 is 0.621 bits per heavy atom. The molecule has 13 nitrogen and oxygen atoms in total. The zero-order valence-electron chi connectivity index (χ0n) is 16.7. The Morgan fingerprint density at radius 2 is 0.897 bits per heavy atom. The minimum atomic E-state index is -1.46. The summed E-state index contributed by atoms with van der Waals surface area (Å²) in [6.45, 7) is 5.16. The fraction of sp³-hybridized carbons (Fsp3) is 0.750. The standard InChI is InChI=1S/C16H30N4O9/c1-5(21)9(17)14(24)28-7(3)11(19)16(26)29-8(4)12(20)15(25)27-6(2)10(18)13(22)23/h5-12,21H,17-20H2,1-4H3,(H,22,23)/t5-,6-,7-,8-,9+,10+,11+,12+/m0/s1. The predicted octanol–water partition coefficient (Wildman–Crippen LogP) is -3.44. The molecule has 0 aromatic rings. The molecule has 0 rings (SSSR count). The number of ether oxygens (including phenoxy) is 3. The van der Waals surface area contributed by atoms with Crippen molar-refractivity contribution in [3.8, 4) is 0 Å². The molecule has 0 bridgehead atoms. The van der Waals surface area contributed by atoms with Crippen molar-refractivity contribution in [2.75, 3.05) is 0 Å². The molecule has 0 aliphatic heterocycles. The van der Waals surface area contributed by atoms with Gasteiger partial charge in [-0.1, -0.05) is 0 Å². The molecule has 10 N–H and O–H groups in total. The minimum absolute atomic E-state index is 0.965. The van der Waals surface area contributed by atoms with Gasteiger partial charge in [0.05, 0.1) is 6.10 Å². The summed E-state index contributed by atoms with van der Waals surface area (Å²) in [4.78, 5) is 46.5. The molecule has 0 saturated heterocycles. The molecule has 168 valence electrons. The van der Waals surface area contributed by atoms with Gasteiger partial charge in [0.25, 0.3) is 0 Å². The van der Waals surface area contributed by atoms with Crippen LogP contribution in [0.5, 0.6) is 0 Å². The van der Waals surface area contributed by atoms with E-state index >= 15 is 0 Å². The molecule has 0 radical (unpaired) electrons. The quantitative estimate of drug-likeness (QED) is 0.140. The molecule has 0 amide bonds. The number of carboxylic acids is 1. The number of rotatable bonds is 11. The van der Waals surface area contributed by atoms with Crippen molar-refractivity contribution in [3.05, 3.63) is 0 Å². The summed E-state index contributed by atoms with van der Waals surface area (Å²) >= 11 is 0. The summed E-state index contributed by atoms with van der Waals surface area (Å²) in [5, 5.41) is 18.0. The first-order chi connectivity index (χ1) is 13.2. The first kappa shape index (κ1) is 26.7. The van der Waals surface area contributed by atoms with Gasteiger partial charge in [-0.15, -0.1) is 0 Å². The van der Waals surface area contributed by atoms with Crippen LogP contribution in [0.25, 0.3) is 0 Å². The Hall–Kier alpha value is -2.32. The fourth-order valence-electron chi connectivity index (χ4n) is 1.79. The minimum Gasteiger partial charge on any atom is -0.480 e. The topological polar surface area (TPSA) is 241 Å². The maximum absolute atomic E-state index is 12.1. The van der Waals surface area contributed by atoms with Crippen molar-refractivity contribution in [3.63, 3.8) is 0 Å². The van der Waals surface area contributed by atoms with Gasteiger partial charge >= 0.3 is 23.9 Å². The highest BCUT2D eigenvalue weighted by Crippen LogP contribution is 2.08. The number of esters is 3. The van der Waals surface area contributed by atoms with Crippen LogP contribution >= 0.6 is 0 Å². The lowest BCUT2D eigenvalue weighted by Crippen LogP contribution is -2.52. The summed E-state index contributed by atoms with van der Waals surface area (Å²) < 4.78 is 14.7. The van der Waals surface area contributed by atoms with E-state index in [0.29, 0.717) is 0 Å². The lowest BCUT2D eigenvalue weighted by Gasteiger charge is -2.25. The predicted molar refractivity (Wildman–Crippen MR) is 97.9 cm³/mol. The number of aliphatic hydroxyl groups excluding tert-OH is 1. The number of carbonyl (C=O) groups is 4. The van der Waals surface area contributed by atoms with Crippen LogP contribution < -0.4 is 22.9 Å². The van der Waals surface area contributed by atoms with Crippen LogP contribution in [0.3, 0.4) is 0 Å². The second-order valence-corrected chi connectivity index (χ2v) is 6.61. The molecule has 0 aliphatic carbocycles. The largest absolute Gasteiger partial charge is 0.480 e. The second-order valence-electron chi connectivity index (χ2n) is 6.61. The van der Waals surface area contributed by atoms with Gasteiger partial charge in [0.1, 0.15) is 42.5 Å². The van der Waals surface area contributed by atoms with Crippen molar-refractivity contribution in [1.82, 2.24) is 0 Å². The van der Waals surface area contributed by atoms with Crippen LogP contribution in [0.1, 0.15) is 27.7 Å². The van der Waals surface area contributed by atoms with Crippen LogP contribution in [0.4, 0.5) is 0 Å². The maximum atomic E-state index is 12.1. The first-order valence-corrected chi connectivity index (χ1v) is 8.75. The van der Waals surface area contributed by atoms with Gasteiger partial charge < -0.3 is 47.4 Å². The third-order valence-electron chi connectivity index (χ3n) is 4.04. The van der Waals surface area contributed by atoms with E-state index in [1.54, 1.807) is 0 Å². The van der Waals surface area contributed by atoms with E-state index in [4.69, 9.17) is 42.3 Å². The normalized spacial score (nSPS) is 19.5. The zero-order valence-corrected chi connectivity index (χ0v) is 16.7. The lowest BCUT2D eigenvalue weighted by molar-refractivity contribution is -0.164. The monoisotopic (exact) mass is 422 g/mol. The SMILES string of the molecule is C[C@H](O)[C@@H](N)C(=O)O[C@@H](C)[C@@H](N)C(=O)O[C@@H](C)[C@@H](N)C(=O)O[C@@H](C)[C@@H](N)C(=O)O. The van der Waals surface area contributed by atoms with Crippen LogP contribution in [0.15, 0.2) is 0 Å². The highest BCUT2D eigenvalue weighted by atomic mass is 16.6. The Kier molecular flexibility index (Phi) is 10.7. The smallest absolute Gasteiger partial charge is 0.327 e. The molecule has 0 heterocycles. The van der Waals surface area contributed by atoms with E-state index in [1.165, 1.54) is 27.7 Å². The summed E-state index contributed by atoms with van der Waals surface area (Å²) in [6, 6.07) is -5.65. The van der Waals surface area contributed by atoms with Crippen LogP contribution in [-0.2, 0) is 33.4 Å². The molecular weight excluding hydrogens is 392 g/mol. The number of aliphatic carboxylic acids is 1. The summed E-state index contributed by atoms with van der Waals surface area (Å²) in [6.07, 6.45) is -4.69. The molecular formula is C16H30N4O9. The average Bonchev–Trinajstić information content (AvgIpc) is 2.64. The number of nitrogens with two attached hydrogens (primary N) is 4. The molecule has 0 aliphatic rings. The van der Waals surface area contributed by atoms with Crippen LogP contribution in [-0.4, -0.2) is 82.7 Å². The number of hydrogen-bond acceptors (Lipinski definition) is 12. The van der Waals surface area contributed by atoms with Gasteiger partial charge in [-0.05, 0) is 27.7 Å². The Balaban J connectivity index is 4.75.